The maximum atomic E-state index is 10.9. The number of halogens is 1. The standard InChI is InChI=1S/C10H5BrN4O2/c11-8-3-1-2-7(10(16)17)9(8)15-14-6(4-12)5-13/h1-3,15H,(H,16,17). The number of hydrogen-bond acceptors (Lipinski definition) is 5. The average molecular weight is 293 g/mol. The van der Waals surface area contributed by atoms with Crippen molar-refractivity contribution in [1.82, 2.24) is 0 Å². The van der Waals surface area contributed by atoms with Crippen molar-refractivity contribution in [2.45, 2.75) is 0 Å². The van der Waals surface area contributed by atoms with E-state index in [1.165, 1.54) is 6.07 Å². The molecule has 1 aromatic rings. The first-order chi connectivity index (χ1) is 8.10. The van der Waals surface area contributed by atoms with E-state index in [-0.39, 0.29) is 11.3 Å². The largest absolute Gasteiger partial charge is 0.478 e. The molecule has 0 aliphatic carbocycles. The number of hydrazone groups is 1. The maximum absolute atomic E-state index is 10.9. The second kappa shape index (κ2) is 5.64. The molecule has 0 saturated carbocycles. The summed E-state index contributed by atoms with van der Waals surface area (Å²) in [4.78, 5) is 10.9. The van der Waals surface area contributed by atoms with Gasteiger partial charge in [-0.3, -0.25) is 5.43 Å². The van der Waals surface area contributed by atoms with Crippen molar-refractivity contribution in [1.29, 1.82) is 10.5 Å². The molecule has 7 heteroatoms. The minimum Gasteiger partial charge on any atom is -0.478 e. The zero-order valence-electron chi connectivity index (χ0n) is 8.31. The first-order valence-electron chi connectivity index (χ1n) is 4.26. The number of nitrogens with one attached hydrogen (secondary N) is 1. The van der Waals surface area contributed by atoms with Crippen LogP contribution in [0.4, 0.5) is 5.69 Å². The van der Waals surface area contributed by atoms with Gasteiger partial charge in [0.05, 0.1) is 11.3 Å². The van der Waals surface area contributed by atoms with E-state index in [4.69, 9.17) is 15.6 Å². The summed E-state index contributed by atoms with van der Waals surface area (Å²) in [5.41, 5.74) is 2.16. The van der Waals surface area contributed by atoms with E-state index >= 15 is 0 Å². The molecule has 2 N–H and O–H groups in total. The lowest BCUT2D eigenvalue weighted by Gasteiger charge is -2.06. The van der Waals surface area contributed by atoms with Crippen LogP contribution in [0.2, 0.25) is 0 Å². The number of carbonyl (C=O) groups is 1. The fraction of sp³-hybridized carbons (Fsp3) is 0. The minimum atomic E-state index is -1.14. The molecule has 1 aromatic carbocycles. The van der Waals surface area contributed by atoms with Crippen molar-refractivity contribution in [3.63, 3.8) is 0 Å². The van der Waals surface area contributed by atoms with Gasteiger partial charge in [0.1, 0.15) is 12.1 Å². The number of rotatable bonds is 3. The summed E-state index contributed by atoms with van der Waals surface area (Å²) in [6.45, 7) is 0. The first-order valence-corrected chi connectivity index (χ1v) is 5.05. The molecule has 0 saturated heterocycles. The van der Waals surface area contributed by atoms with E-state index < -0.39 is 11.7 Å². The van der Waals surface area contributed by atoms with Crippen molar-refractivity contribution in [3.05, 3.63) is 28.2 Å². The molecule has 0 heterocycles. The highest BCUT2D eigenvalue weighted by molar-refractivity contribution is 9.10. The molecule has 0 fully saturated rings. The van der Waals surface area contributed by atoms with Crippen molar-refractivity contribution in [2.24, 2.45) is 5.10 Å². The normalized spacial score (nSPS) is 8.65. The van der Waals surface area contributed by atoms with Gasteiger partial charge in [0.15, 0.2) is 0 Å². The van der Waals surface area contributed by atoms with Gasteiger partial charge in [0.2, 0.25) is 5.71 Å². The number of carboxylic acids is 1. The maximum Gasteiger partial charge on any atom is 0.337 e. The highest BCUT2D eigenvalue weighted by Gasteiger charge is 2.12. The van der Waals surface area contributed by atoms with Crippen molar-refractivity contribution < 1.29 is 9.90 Å². The average Bonchev–Trinajstić information content (AvgIpc) is 2.31. The van der Waals surface area contributed by atoms with Crippen LogP contribution in [0.25, 0.3) is 0 Å². The molecule has 0 aliphatic heterocycles. The SMILES string of the molecule is N#CC(C#N)=NNc1c(Br)cccc1C(=O)O. The fourth-order valence-corrected chi connectivity index (χ4v) is 1.46. The van der Waals surface area contributed by atoms with Gasteiger partial charge >= 0.3 is 5.97 Å². The van der Waals surface area contributed by atoms with E-state index in [0.29, 0.717) is 4.47 Å². The summed E-state index contributed by atoms with van der Waals surface area (Å²) in [5, 5.41) is 29.4. The van der Waals surface area contributed by atoms with Crippen LogP contribution in [-0.2, 0) is 0 Å². The van der Waals surface area contributed by atoms with E-state index in [9.17, 15) is 4.79 Å². The molecule has 0 atom stereocenters. The Balaban J connectivity index is 3.16. The second-order valence-electron chi connectivity index (χ2n) is 2.76. The number of benzene rings is 1. The minimum absolute atomic E-state index is 0.0154. The van der Waals surface area contributed by atoms with Gasteiger partial charge in [-0.2, -0.15) is 15.6 Å². The van der Waals surface area contributed by atoms with Crippen molar-refractivity contribution in [2.75, 3.05) is 5.43 Å². The molecule has 0 aromatic heterocycles. The van der Waals surface area contributed by atoms with Crippen LogP contribution in [0.1, 0.15) is 10.4 Å². The quantitative estimate of drug-likeness (QED) is 0.654. The van der Waals surface area contributed by atoms with Crippen LogP contribution in [0.15, 0.2) is 27.8 Å². The Bertz CT molecular complexity index is 553. The Morgan fingerprint density at radius 1 is 1.41 bits per heavy atom. The molecule has 0 spiro atoms. The van der Waals surface area contributed by atoms with Crippen LogP contribution < -0.4 is 5.43 Å². The highest BCUT2D eigenvalue weighted by atomic mass is 79.9. The van der Waals surface area contributed by atoms with Gasteiger partial charge in [0, 0.05) is 4.47 Å². The zero-order chi connectivity index (χ0) is 12.8. The predicted molar refractivity (Wildman–Crippen MR) is 63.4 cm³/mol. The van der Waals surface area contributed by atoms with Gasteiger partial charge in [-0.25, -0.2) is 4.79 Å². The molecule has 0 amide bonds. The van der Waals surface area contributed by atoms with Crippen molar-refractivity contribution >= 4 is 33.3 Å². The summed E-state index contributed by atoms with van der Waals surface area (Å²) in [7, 11) is 0. The number of aromatic carboxylic acids is 1. The van der Waals surface area contributed by atoms with Gasteiger partial charge in [-0.05, 0) is 28.1 Å². The highest BCUT2D eigenvalue weighted by Crippen LogP contribution is 2.26. The molecular formula is C10H5BrN4O2. The first kappa shape index (κ1) is 12.7. The molecular weight excluding hydrogens is 288 g/mol. The summed E-state index contributed by atoms with van der Waals surface area (Å²) >= 11 is 3.15. The Labute approximate surface area is 105 Å². The molecule has 0 aliphatic rings. The molecule has 6 nitrogen and oxygen atoms in total. The monoisotopic (exact) mass is 292 g/mol. The fourth-order valence-electron chi connectivity index (χ4n) is 1.00. The van der Waals surface area contributed by atoms with Crippen LogP contribution in [0, 0.1) is 22.7 Å². The van der Waals surface area contributed by atoms with Crippen LogP contribution >= 0.6 is 15.9 Å². The van der Waals surface area contributed by atoms with Crippen molar-refractivity contribution in [3.8, 4) is 12.1 Å². The molecule has 84 valence electrons. The summed E-state index contributed by atoms with van der Waals surface area (Å²) in [6, 6.07) is 7.65. The summed E-state index contributed by atoms with van der Waals surface area (Å²) < 4.78 is 0.469. The van der Waals surface area contributed by atoms with Gasteiger partial charge < -0.3 is 5.11 Å². The number of para-hydroxylation sites is 1. The third-order valence-corrected chi connectivity index (χ3v) is 2.40. The number of anilines is 1. The lowest BCUT2D eigenvalue weighted by atomic mass is 10.2. The molecule has 0 unspecified atom stereocenters. The summed E-state index contributed by atoms with van der Waals surface area (Å²) in [6.07, 6.45) is 0. The van der Waals surface area contributed by atoms with E-state index in [2.05, 4.69) is 26.5 Å². The van der Waals surface area contributed by atoms with Gasteiger partial charge in [-0.15, -0.1) is 0 Å². The number of nitriles is 2. The molecule has 0 radical (unpaired) electrons. The van der Waals surface area contributed by atoms with Crippen LogP contribution in [-0.4, -0.2) is 16.8 Å². The zero-order valence-corrected chi connectivity index (χ0v) is 9.89. The Morgan fingerprint density at radius 3 is 2.59 bits per heavy atom. The lowest BCUT2D eigenvalue weighted by molar-refractivity contribution is 0.0698. The third kappa shape index (κ3) is 3.03. The predicted octanol–water partition coefficient (Wildman–Crippen LogP) is 1.96. The number of hydrogen-bond donors (Lipinski definition) is 2. The smallest absolute Gasteiger partial charge is 0.337 e. The molecule has 17 heavy (non-hydrogen) atoms. The lowest BCUT2D eigenvalue weighted by Crippen LogP contribution is -2.04. The van der Waals surface area contributed by atoms with Crippen LogP contribution in [0.5, 0.6) is 0 Å². The Morgan fingerprint density at radius 2 is 2.06 bits per heavy atom. The van der Waals surface area contributed by atoms with Crippen LogP contribution in [0.3, 0.4) is 0 Å². The summed E-state index contributed by atoms with van der Waals surface area (Å²) in [5.74, 6) is -1.14. The van der Waals surface area contributed by atoms with E-state index in [1.54, 1.807) is 24.3 Å². The Hall–Kier alpha value is -2.38. The number of carboxylic acid groups (broad SMARTS) is 1. The van der Waals surface area contributed by atoms with E-state index in [1.807, 2.05) is 0 Å². The van der Waals surface area contributed by atoms with E-state index in [0.717, 1.165) is 0 Å². The second-order valence-corrected chi connectivity index (χ2v) is 3.62. The van der Waals surface area contributed by atoms with Gasteiger partial charge in [0.25, 0.3) is 0 Å². The number of nitrogens with zero attached hydrogens (tertiary/aromatic N) is 3. The molecule has 0 bridgehead atoms. The van der Waals surface area contributed by atoms with Gasteiger partial charge in [-0.1, -0.05) is 6.07 Å². The topological polar surface area (TPSA) is 109 Å². The Kier molecular flexibility index (Phi) is 4.21. The molecule has 1 rings (SSSR count). The third-order valence-electron chi connectivity index (χ3n) is 1.74.